The van der Waals surface area contributed by atoms with Crippen LogP contribution in [0.5, 0.6) is 5.75 Å². The molecule has 2 amide bonds. The number of rotatable bonds is 4. The molecule has 2 aromatic rings. The fraction of sp³-hybridized carbons (Fsp3) is 0.333. The zero-order chi connectivity index (χ0) is 21.5. The molecule has 2 aliphatic rings. The number of fused-ring (bicyclic) bond motifs is 1. The van der Waals surface area contributed by atoms with Crippen LogP contribution >= 0.6 is 0 Å². The molecular weight excluding hydrogens is 406 g/mol. The largest absolute Gasteiger partial charge is 0.482 e. The molecule has 1 saturated heterocycles. The van der Waals surface area contributed by atoms with Gasteiger partial charge in [-0.25, -0.2) is 8.42 Å². The minimum Gasteiger partial charge on any atom is -0.482 e. The van der Waals surface area contributed by atoms with Gasteiger partial charge in [-0.05, 0) is 56.0 Å². The number of ether oxygens (including phenoxy) is 1. The number of aryl methyl sites for hydroxylation is 2. The Labute approximate surface area is 175 Å². The lowest BCUT2D eigenvalue weighted by Gasteiger charge is -2.26. The number of sulfonamides is 1. The Morgan fingerprint density at radius 3 is 2.80 bits per heavy atom. The maximum Gasteiger partial charge on any atom is 0.262 e. The Morgan fingerprint density at radius 2 is 2.03 bits per heavy atom. The third-order valence-corrected chi connectivity index (χ3v) is 7.34. The van der Waals surface area contributed by atoms with Crippen molar-refractivity contribution in [1.29, 1.82) is 0 Å². The van der Waals surface area contributed by atoms with Crippen LogP contribution in [-0.2, 0) is 19.6 Å². The summed E-state index contributed by atoms with van der Waals surface area (Å²) in [5.41, 5.74) is 2.56. The van der Waals surface area contributed by atoms with Gasteiger partial charge in [0.05, 0.1) is 10.6 Å². The molecular formula is C21H23N3O5S. The lowest BCUT2D eigenvalue weighted by Crippen LogP contribution is -2.43. The highest BCUT2D eigenvalue weighted by Gasteiger charge is 2.40. The molecule has 0 saturated carbocycles. The van der Waals surface area contributed by atoms with E-state index in [-0.39, 0.29) is 29.9 Å². The molecule has 9 heteroatoms. The summed E-state index contributed by atoms with van der Waals surface area (Å²) in [5.74, 6) is -0.329. The van der Waals surface area contributed by atoms with Crippen LogP contribution in [0.3, 0.4) is 0 Å². The van der Waals surface area contributed by atoms with Gasteiger partial charge in [0.2, 0.25) is 15.9 Å². The van der Waals surface area contributed by atoms with Gasteiger partial charge in [-0.15, -0.1) is 0 Å². The number of nitrogens with one attached hydrogen (secondary N) is 2. The lowest BCUT2D eigenvalue weighted by molar-refractivity contribution is -0.119. The van der Waals surface area contributed by atoms with E-state index in [9.17, 15) is 18.0 Å². The van der Waals surface area contributed by atoms with Gasteiger partial charge in [0, 0.05) is 18.3 Å². The Bertz CT molecular complexity index is 1130. The minimum absolute atomic E-state index is 0.0765. The van der Waals surface area contributed by atoms with E-state index in [0.29, 0.717) is 35.5 Å². The van der Waals surface area contributed by atoms with Crippen molar-refractivity contribution in [2.24, 2.45) is 0 Å². The van der Waals surface area contributed by atoms with E-state index >= 15 is 0 Å². The van der Waals surface area contributed by atoms with E-state index in [1.807, 2.05) is 25.1 Å². The molecule has 2 aromatic carbocycles. The highest BCUT2D eigenvalue weighted by Crippen LogP contribution is 2.36. The van der Waals surface area contributed by atoms with E-state index in [2.05, 4.69) is 10.6 Å². The maximum absolute atomic E-state index is 13.4. The van der Waals surface area contributed by atoms with Crippen LogP contribution in [0, 0.1) is 13.8 Å². The van der Waals surface area contributed by atoms with Crippen molar-refractivity contribution in [1.82, 2.24) is 4.31 Å². The smallest absolute Gasteiger partial charge is 0.262 e. The van der Waals surface area contributed by atoms with Crippen molar-refractivity contribution in [2.75, 3.05) is 23.8 Å². The number of benzene rings is 2. The summed E-state index contributed by atoms with van der Waals surface area (Å²) in [6.45, 7) is 3.68. The molecule has 8 nitrogen and oxygen atoms in total. The number of hydrogen-bond donors (Lipinski definition) is 2. The van der Waals surface area contributed by atoms with Crippen molar-refractivity contribution in [3.63, 3.8) is 0 Å². The van der Waals surface area contributed by atoms with Crippen molar-refractivity contribution in [2.45, 2.75) is 37.6 Å². The molecule has 1 atom stereocenters. The van der Waals surface area contributed by atoms with Crippen LogP contribution in [-0.4, -0.2) is 43.7 Å². The first-order valence-electron chi connectivity index (χ1n) is 9.72. The molecule has 0 aliphatic carbocycles. The van der Waals surface area contributed by atoms with E-state index in [4.69, 9.17) is 4.74 Å². The fourth-order valence-corrected chi connectivity index (χ4v) is 5.74. The average Bonchev–Trinajstić information content (AvgIpc) is 3.18. The molecule has 2 aliphatic heterocycles. The van der Waals surface area contributed by atoms with Crippen LogP contribution in [0.25, 0.3) is 0 Å². The van der Waals surface area contributed by atoms with Gasteiger partial charge in [-0.2, -0.15) is 4.31 Å². The summed E-state index contributed by atoms with van der Waals surface area (Å²) < 4.78 is 33.5. The van der Waals surface area contributed by atoms with Crippen LogP contribution in [0.2, 0.25) is 0 Å². The third-order valence-electron chi connectivity index (χ3n) is 5.29. The second kappa shape index (κ2) is 7.73. The Kier molecular flexibility index (Phi) is 5.25. The van der Waals surface area contributed by atoms with Crippen LogP contribution in [0.1, 0.15) is 24.0 Å². The average molecular weight is 429 g/mol. The molecule has 4 rings (SSSR count). The molecule has 2 heterocycles. The number of amides is 2. The van der Waals surface area contributed by atoms with E-state index in [1.165, 1.54) is 10.4 Å². The standard InChI is InChI=1S/C21H23N3O5S/c1-13-5-3-6-15(9-13)22-21(26)17-7-4-8-24(17)30(27,28)19-11-18-16(10-14(19)2)23-20(25)12-29-18/h3,5-6,9-11,17H,4,7-8,12H2,1-2H3,(H,22,26)(H,23,25)/t17-/m1/s1. The Morgan fingerprint density at radius 1 is 1.23 bits per heavy atom. The Hall–Kier alpha value is -2.91. The number of carbonyl (C=O) groups is 2. The van der Waals surface area contributed by atoms with Gasteiger partial charge in [0.25, 0.3) is 5.91 Å². The highest BCUT2D eigenvalue weighted by molar-refractivity contribution is 7.89. The van der Waals surface area contributed by atoms with Crippen molar-refractivity contribution in [3.05, 3.63) is 47.5 Å². The van der Waals surface area contributed by atoms with Crippen molar-refractivity contribution in [3.8, 4) is 5.75 Å². The first kappa shape index (κ1) is 20.4. The predicted octanol–water partition coefficient (Wildman–Crippen LogP) is 2.43. The number of anilines is 2. The molecule has 2 N–H and O–H groups in total. The third kappa shape index (κ3) is 3.78. The highest BCUT2D eigenvalue weighted by atomic mass is 32.2. The predicted molar refractivity (Wildman–Crippen MR) is 112 cm³/mol. The van der Waals surface area contributed by atoms with Crippen LogP contribution in [0.15, 0.2) is 41.3 Å². The van der Waals surface area contributed by atoms with Crippen molar-refractivity contribution >= 4 is 33.2 Å². The maximum atomic E-state index is 13.4. The van der Waals surface area contributed by atoms with Gasteiger partial charge in [-0.3, -0.25) is 9.59 Å². The molecule has 0 spiro atoms. The van der Waals surface area contributed by atoms with Crippen LogP contribution < -0.4 is 15.4 Å². The van der Waals surface area contributed by atoms with E-state index in [0.717, 1.165) is 5.56 Å². The van der Waals surface area contributed by atoms with Crippen LogP contribution in [0.4, 0.5) is 11.4 Å². The van der Waals surface area contributed by atoms with Gasteiger partial charge < -0.3 is 15.4 Å². The summed E-state index contributed by atoms with van der Waals surface area (Å²) in [4.78, 5) is 24.5. The summed E-state index contributed by atoms with van der Waals surface area (Å²) >= 11 is 0. The molecule has 0 aromatic heterocycles. The summed E-state index contributed by atoms with van der Waals surface area (Å²) in [5, 5.41) is 5.50. The summed E-state index contributed by atoms with van der Waals surface area (Å²) in [7, 11) is -3.93. The second-order valence-electron chi connectivity index (χ2n) is 7.58. The lowest BCUT2D eigenvalue weighted by atomic mass is 10.2. The fourth-order valence-electron chi connectivity index (χ4n) is 3.86. The van der Waals surface area contributed by atoms with E-state index in [1.54, 1.807) is 19.1 Å². The number of hydrogen-bond acceptors (Lipinski definition) is 5. The Balaban J connectivity index is 1.62. The van der Waals surface area contributed by atoms with Gasteiger partial charge >= 0.3 is 0 Å². The number of carbonyl (C=O) groups excluding carboxylic acids is 2. The van der Waals surface area contributed by atoms with Gasteiger partial charge in [0.1, 0.15) is 11.8 Å². The second-order valence-corrected chi connectivity index (χ2v) is 9.44. The topological polar surface area (TPSA) is 105 Å². The van der Waals surface area contributed by atoms with Gasteiger partial charge in [0.15, 0.2) is 6.61 Å². The summed E-state index contributed by atoms with van der Waals surface area (Å²) in [6, 6.07) is 9.59. The van der Waals surface area contributed by atoms with E-state index < -0.39 is 16.1 Å². The molecule has 30 heavy (non-hydrogen) atoms. The normalized spacial score (nSPS) is 19.0. The molecule has 1 fully saturated rings. The molecule has 158 valence electrons. The SMILES string of the molecule is Cc1cccc(NC(=O)[C@H]2CCCN2S(=O)(=O)c2cc3c(cc2C)NC(=O)CO3)c1. The monoisotopic (exact) mass is 429 g/mol. The zero-order valence-corrected chi connectivity index (χ0v) is 17.6. The van der Waals surface area contributed by atoms with Gasteiger partial charge in [-0.1, -0.05) is 12.1 Å². The quantitative estimate of drug-likeness (QED) is 0.777. The molecule has 0 radical (unpaired) electrons. The van der Waals surface area contributed by atoms with Crippen molar-refractivity contribution < 1.29 is 22.7 Å². The molecule has 0 unspecified atom stereocenters. The first-order valence-corrected chi connectivity index (χ1v) is 11.2. The zero-order valence-electron chi connectivity index (χ0n) is 16.8. The summed E-state index contributed by atoms with van der Waals surface area (Å²) in [6.07, 6.45) is 1.05. The number of nitrogens with zero attached hydrogens (tertiary/aromatic N) is 1. The minimum atomic E-state index is -3.93. The first-order chi connectivity index (χ1) is 14.3. The molecule has 0 bridgehead atoms.